The van der Waals surface area contributed by atoms with Crippen molar-refractivity contribution in [2.75, 3.05) is 0 Å². The minimum absolute atomic E-state index is 0.302. The third-order valence-corrected chi connectivity index (χ3v) is 1.93. The number of hydrogen-bond donors (Lipinski definition) is 3. The molecule has 0 bridgehead atoms. The quantitative estimate of drug-likeness (QED) is 0.449. The average Bonchev–Trinajstić information content (AvgIpc) is 2.13. The first-order valence-corrected chi connectivity index (χ1v) is 3.27. The second-order valence-electron chi connectivity index (χ2n) is 2.74. The van der Waals surface area contributed by atoms with Gasteiger partial charge in [-0.15, -0.1) is 0 Å². The SMILES string of the molecule is N[C@@H]1CC(C(=O)O)C[C@H]1O. The van der Waals surface area contributed by atoms with E-state index in [1.54, 1.807) is 0 Å². The summed E-state index contributed by atoms with van der Waals surface area (Å²) in [6.07, 6.45) is 0.0774. The summed E-state index contributed by atoms with van der Waals surface area (Å²) in [6, 6.07) is -0.346. The summed E-state index contributed by atoms with van der Waals surface area (Å²) < 4.78 is 0. The van der Waals surface area contributed by atoms with Gasteiger partial charge < -0.3 is 15.9 Å². The van der Waals surface area contributed by atoms with Gasteiger partial charge in [0.2, 0.25) is 0 Å². The second-order valence-corrected chi connectivity index (χ2v) is 2.74. The van der Waals surface area contributed by atoms with E-state index in [-0.39, 0.29) is 6.04 Å². The number of aliphatic carboxylic acids is 1. The van der Waals surface area contributed by atoms with E-state index in [1.165, 1.54) is 0 Å². The maximum absolute atomic E-state index is 10.3. The molecule has 1 saturated carbocycles. The molecule has 10 heavy (non-hydrogen) atoms. The van der Waals surface area contributed by atoms with Crippen LogP contribution in [0.4, 0.5) is 0 Å². The Labute approximate surface area is 58.6 Å². The van der Waals surface area contributed by atoms with Gasteiger partial charge in [0, 0.05) is 6.04 Å². The molecule has 0 spiro atoms. The first kappa shape index (κ1) is 7.50. The lowest BCUT2D eigenvalue weighted by atomic mass is 10.1. The number of rotatable bonds is 1. The molecule has 4 heteroatoms. The largest absolute Gasteiger partial charge is 0.481 e. The maximum Gasteiger partial charge on any atom is 0.306 e. The molecule has 0 aliphatic heterocycles. The zero-order chi connectivity index (χ0) is 7.72. The number of aliphatic hydroxyl groups excluding tert-OH is 1. The highest BCUT2D eigenvalue weighted by Gasteiger charge is 2.34. The van der Waals surface area contributed by atoms with Crippen molar-refractivity contribution in [1.29, 1.82) is 0 Å². The molecule has 1 aliphatic rings. The van der Waals surface area contributed by atoms with Crippen LogP contribution in [0.5, 0.6) is 0 Å². The van der Waals surface area contributed by atoms with Crippen LogP contribution in [0.2, 0.25) is 0 Å². The number of carboxylic acids is 1. The van der Waals surface area contributed by atoms with E-state index in [9.17, 15) is 4.79 Å². The van der Waals surface area contributed by atoms with Gasteiger partial charge in [0.15, 0.2) is 0 Å². The van der Waals surface area contributed by atoms with Gasteiger partial charge in [-0.25, -0.2) is 0 Å². The summed E-state index contributed by atoms with van der Waals surface area (Å²) in [6.45, 7) is 0. The Bertz CT molecular complexity index is 138. The molecule has 0 saturated heterocycles. The molecule has 1 fully saturated rings. The minimum Gasteiger partial charge on any atom is -0.481 e. The van der Waals surface area contributed by atoms with Crippen molar-refractivity contribution in [3.8, 4) is 0 Å². The fraction of sp³-hybridized carbons (Fsp3) is 0.833. The Morgan fingerprint density at radius 2 is 2.10 bits per heavy atom. The minimum atomic E-state index is -0.855. The summed E-state index contributed by atoms with van der Waals surface area (Å²) in [5, 5.41) is 17.5. The van der Waals surface area contributed by atoms with Gasteiger partial charge in [0.1, 0.15) is 0 Å². The Morgan fingerprint density at radius 3 is 2.30 bits per heavy atom. The number of hydrogen-bond acceptors (Lipinski definition) is 3. The lowest BCUT2D eigenvalue weighted by molar-refractivity contribution is -0.141. The van der Waals surface area contributed by atoms with Gasteiger partial charge >= 0.3 is 5.97 Å². The predicted molar refractivity (Wildman–Crippen MR) is 34.3 cm³/mol. The van der Waals surface area contributed by atoms with Crippen LogP contribution in [0, 0.1) is 5.92 Å². The van der Waals surface area contributed by atoms with Crippen molar-refractivity contribution < 1.29 is 15.0 Å². The number of aliphatic hydroxyl groups is 1. The van der Waals surface area contributed by atoms with Crippen LogP contribution in [0.15, 0.2) is 0 Å². The van der Waals surface area contributed by atoms with E-state index in [1.807, 2.05) is 0 Å². The van der Waals surface area contributed by atoms with Gasteiger partial charge in [-0.2, -0.15) is 0 Å². The normalized spacial score (nSPS) is 40.0. The molecular formula is C6H11NO3. The molecule has 0 aromatic carbocycles. The van der Waals surface area contributed by atoms with Gasteiger partial charge in [0.05, 0.1) is 12.0 Å². The highest BCUT2D eigenvalue weighted by Crippen LogP contribution is 2.24. The molecule has 0 heterocycles. The van der Waals surface area contributed by atoms with Crippen molar-refractivity contribution in [2.24, 2.45) is 11.7 Å². The summed E-state index contributed by atoms with van der Waals surface area (Å²) in [5.74, 6) is -1.29. The van der Waals surface area contributed by atoms with Gasteiger partial charge in [-0.1, -0.05) is 0 Å². The Morgan fingerprint density at radius 1 is 1.50 bits per heavy atom. The topological polar surface area (TPSA) is 83.6 Å². The fourth-order valence-electron chi connectivity index (χ4n) is 1.25. The first-order valence-electron chi connectivity index (χ1n) is 3.27. The fourth-order valence-corrected chi connectivity index (χ4v) is 1.25. The Hall–Kier alpha value is -0.610. The van der Waals surface area contributed by atoms with Crippen molar-refractivity contribution in [2.45, 2.75) is 25.0 Å². The van der Waals surface area contributed by atoms with E-state index in [0.29, 0.717) is 12.8 Å². The van der Waals surface area contributed by atoms with E-state index in [2.05, 4.69) is 0 Å². The number of carboxylic acid groups (broad SMARTS) is 1. The smallest absolute Gasteiger partial charge is 0.306 e. The molecule has 58 valence electrons. The van der Waals surface area contributed by atoms with Crippen molar-refractivity contribution in [3.05, 3.63) is 0 Å². The summed E-state index contributed by atoms with van der Waals surface area (Å²) in [4.78, 5) is 10.3. The molecule has 4 nitrogen and oxygen atoms in total. The van der Waals surface area contributed by atoms with Gasteiger partial charge in [-0.05, 0) is 12.8 Å². The number of nitrogens with two attached hydrogens (primary N) is 1. The van der Waals surface area contributed by atoms with E-state index < -0.39 is 18.0 Å². The molecule has 0 radical (unpaired) electrons. The zero-order valence-electron chi connectivity index (χ0n) is 5.53. The van der Waals surface area contributed by atoms with Crippen molar-refractivity contribution in [3.63, 3.8) is 0 Å². The monoisotopic (exact) mass is 145 g/mol. The summed E-state index contributed by atoms with van der Waals surface area (Å²) >= 11 is 0. The van der Waals surface area contributed by atoms with Crippen LogP contribution in [0.25, 0.3) is 0 Å². The van der Waals surface area contributed by atoms with Gasteiger partial charge in [0.25, 0.3) is 0 Å². The van der Waals surface area contributed by atoms with Crippen LogP contribution < -0.4 is 5.73 Å². The number of carbonyl (C=O) groups is 1. The molecule has 0 aromatic rings. The molecule has 0 aromatic heterocycles. The van der Waals surface area contributed by atoms with Crippen LogP contribution >= 0.6 is 0 Å². The van der Waals surface area contributed by atoms with Crippen molar-refractivity contribution in [1.82, 2.24) is 0 Å². The predicted octanol–water partition coefficient (Wildman–Crippen LogP) is -0.831. The Balaban J connectivity index is 2.49. The highest BCUT2D eigenvalue weighted by molar-refractivity contribution is 5.70. The molecule has 3 atom stereocenters. The highest BCUT2D eigenvalue weighted by atomic mass is 16.4. The van der Waals surface area contributed by atoms with E-state index in [4.69, 9.17) is 15.9 Å². The Kier molecular flexibility index (Phi) is 1.92. The van der Waals surface area contributed by atoms with Crippen LogP contribution in [0.1, 0.15) is 12.8 Å². The molecule has 4 N–H and O–H groups in total. The maximum atomic E-state index is 10.3. The van der Waals surface area contributed by atoms with E-state index in [0.717, 1.165) is 0 Å². The molecule has 1 aliphatic carbocycles. The summed E-state index contributed by atoms with van der Waals surface area (Å²) in [5.41, 5.74) is 5.39. The van der Waals surface area contributed by atoms with E-state index >= 15 is 0 Å². The van der Waals surface area contributed by atoms with Crippen LogP contribution in [0.3, 0.4) is 0 Å². The lowest BCUT2D eigenvalue weighted by Gasteiger charge is -2.04. The summed E-state index contributed by atoms with van der Waals surface area (Å²) in [7, 11) is 0. The standard InChI is InChI=1S/C6H11NO3/c7-4-1-3(6(9)10)2-5(4)8/h3-5,8H,1-2,7H2,(H,9,10)/t3?,4-,5-/m1/s1. The van der Waals surface area contributed by atoms with Crippen molar-refractivity contribution >= 4 is 5.97 Å². The average molecular weight is 145 g/mol. The lowest BCUT2D eigenvalue weighted by Crippen LogP contribution is -2.28. The molecule has 1 rings (SSSR count). The molecule has 0 amide bonds. The van der Waals surface area contributed by atoms with Gasteiger partial charge in [-0.3, -0.25) is 4.79 Å². The van der Waals surface area contributed by atoms with Crippen LogP contribution in [-0.4, -0.2) is 28.3 Å². The molecular weight excluding hydrogens is 134 g/mol. The third kappa shape index (κ3) is 1.27. The zero-order valence-corrected chi connectivity index (χ0v) is 5.53. The molecule has 1 unspecified atom stereocenters. The first-order chi connectivity index (χ1) is 4.61. The third-order valence-electron chi connectivity index (χ3n) is 1.93. The second kappa shape index (κ2) is 2.56. The van der Waals surface area contributed by atoms with Crippen LogP contribution in [-0.2, 0) is 4.79 Å².